The first-order valence-corrected chi connectivity index (χ1v) is 10.2. The van der Waals surface area contributed by atoms with Crippen molar-refractivity contribution in [2.24, 2.45) is 23.5 Å². The Labute approximate surface area is 170 Å². The molecule has 27 heavy (non-hydrogen) atoms. The zero-order valence-electron chi connectivity index (χ0n) is 17.1. The highest BCUT2D eigenvalue weighted by molar-refractivity contribution is 5.85. The van der Waals surface area contributed by atoms with Crippen LogP contribution in [0.25, 0.3) is 0 Å². The minimum Gasteiger partial charge on any atom is -0.338 e. The zero-order chi connectivity index (χ0) is 18.7. The Morgan fingerprint density at radius 1 is 1.04 bits per heavy atom. The maximum atomic E-state index is 13.2. The monoisotopic (exact) mass is 393 g/mol. The second-order valence-electron chi connectivity index (χ2n) is 8.60. The van der Waals surface area contributed by atoms with Crippen LogP contribution in [0.3, 0.4) is 0 Å². The maximum absolute atomic E-state index is 13.2. The first-order valence-electron chi connectivity index (χ1n) is 10.2. The van der Waals surface area contributed by atoms with Gasteiger partial charge in [0.15, 0.2) is 0 Å². The van der Waals surface area contributed by atoms with Crippen molar-refractivity contribution in [3.63, 3.8) is 0 Å². The summed E-state index contributed by atoms with van der Waals surface area (Å²) in [4.78, 5) is 17.4. The summed E-state index contributed by atoms with van der Waals surface area (Å²) in [6.45, 7) is 4.53. The van der Waals surface area contributed by atoms with Gasteiger partial charge in [-0.3, -0.25) is 4.79 Å². The van der Waals surface area contributed by atoms with Crippen LogP contribution in [0.1, 0.15) is 50.2 Å². The quantitative estimate of drug-likeness (QED) is 0.802. The standard InChI is InChI=1S/C22H35N3O.ClH/c1-4-25(15-17-10-8-16(9-11-17)14-24(2)3)22(26)20-12-18-6-5-7-19(13-20)21(18)23;/h8-11,18-21H,4-7,12-15,23H2,1-3H3;1H. The maximum Gasteiger partial charge on any atom is 0.225 e. The fourth-order valence-electron chi connectivity index (χ4n) is 4.93. The van der Waals surface area contributed by atoms with Gasteiger partial charge in [-0.15, -0.1) is 12.4 Å². The highest BCUT2D eigenvalue weighted by atomic mass is 35.5. The second kappa shape index (κ2) is 9.90. The fourth-order valence-corrected chi connectivity index (χ4v) is 4.93. The molecule has 2 N–H and O–H groups in total. The minimum atomic E-state index is 0. The molecule has 0 spiro atoms. The molecule has 0 aromatic heterocycles. The summed E-state index contributed by atoms with van der Waals surface area (Å²) in [5.41, 5.74) is 8.92. The lowest BCUT2D eigenvalue weighted by molar-refractivity contribution is -0.139. The molecule has 5 heteroatoms. The molecule has 2 aliphatic rings. The molecule has 0 aliphatic heterocycles. The van der Waals surface area contributed by atoms with Crippen molar-refractivity contribution >= 4 is 18.3 Å². The molecule has 3 rings (SSSR count). The van der Waals surface area contributed by atoms with E-state index in [1.165, 1.54) is 30.4 Å². The average Bonchev–Trinajstić information content (AvgIpc) is 2.60. The van der Waals surface area contributed by atoms with E-state index in [2.05, 4.69) is 50.2 Å². The lowest BCUT2D eigenvalue weighted by Crippen LogP contribution is -2.49. The molecule has 2 aliphatic carbocycles. The first-order chi connectivity index (χ1) is 12.5. The summed E-state index contributed by atoms with van der Waals surface area (Å²) < 4.78 is 0. The van der Waals surface area contributed by atoms with E-state index in [9.17, 15) is 4.79 Å². The number of hydrogen-bond donors (Lipinski definition) is 1. The zero-order valence-corrected chi connectivity index (χ0v) is 17.9. The topological polar surface area (TPSA) is 49.6 Å². The van der Waals surface area contributed by atoms with E-state index in [-0.39, 0.29) is 18.3 Å². The Bertz CT molecular complexity index is 590. The molecule has 0 saturated heterocycles. The third kappa shape index (κ3) is 5.46. The smallest absolute Gasteiger partial charge is 0.225 e. The van der Waals surface area contributed by atoms with Gasteiger partial charge in [0.25, 0.3) is 0 Å². The normalized spacial score (nSPS) is 27.1. The van der Waals surface area contributed by atoms with E-state index in [0.717, 1.165) is 32.5 Å². The largest absolute Gasteiger partial charge is 0.338 e. The van der Waals surface area contributed by atoms with Crippen LogP contribution in [-0.2, 0) is 17.9 Å². The molecular formula is C22H36ClN3O. The number of carbonyl (C=O) groups is 1. The number of fused-ring (bicyclic) bond motifs is 2. The summed E-state index contributed by atoms with van der Waals surface area (Å²) >= 11 is 0. The number of benzene rings is 1. The SMILES string of the molecule is CCN(Cc1ccc(CN(C)C)cc1)C(=O)C1CC2CCCC(C1)C2N.Cl. The molecule has 1 aromatic rings. The predicted octanol–water partition coefficient (Wildman–Crippen LogP) is 3.67. The van der Waals surface area contributed by atoms with Crippen LogP contribution in [0, 0.1) is 17.8 Å². The van der Waals surface area contributed by atoms with Crippen LogP contribution in [-0.4, -0.2) is 42.4 Å². The van der Waals surface area contributed by atoms with Gasteiger partial charge in [0.2, 0.25) is 5.91 Å². The molecule has 2 saturated carbocycles. The van der Waals surface area contributed by atoms with E-state index in [1.807, 2.05) is 4.90 Å². The highest BCUT2D eigenvalue weighted by Crippen LogP contribution is 2.42. The molecule has 1 aromatic carbocycles. The number of nitrogens with zero attached hydrogens (tertiary/aromatic N) is 2. The van der Waals surface area contributed by atoms with Crippen molar-refractivity contribution in [1.82, 2.24) is 9.80 Å². The molecule has 2 unspecified atom stereocenters. The van der Waals surface area contributed by atoms with Crippen molar-refractivity contribution in [3.05, 3.63) is 35.4 Å². The number of halogens is 1. The Hall–Kier alpha value is -1.10. The molecular weight excluding hydrogens is 358 g/mol. The van der Waals surface area contributed by atoms with Crippen molar-refractivity contribution in [2.75, 3.05) is 20.6 Å². The summed E-state index contributed by atoms with van der Waals surface area (Å²) in [6.07, 6.45) is 5.70. The van der Waals surface area contributed by atoms with Gasteiger partial charge in [0, 0.05) is 31.6 Å². The van der Waals surface area contributed by atoms with Gasteiger partial charge in [0.05, 0.1) is 0 Å². The lowest BCUT2D eigenvalue weighted by Gasteiger charge is -2.44. The number of hydrogen-bond acceptors (Lipinski definition) is 3. The van der Waals surface area contributed by atoms with Crippen LogP contribution in [0.5, 0.6) is 0 Å². The Morgan fingerprint density at radius 2 is 1.56 bits per heavy atom. The molecule has 2 fully saturated rings. The van der Waals surface area contributed by atoms with Gasteiger partial charge in [-0.25, -0.2) is 0 Å². The summed E-state index contributed by atoms with van der Waals surface area (Å²) in [6, 6.07) is 9.02. The molecule has 2 bridgehead atoms. The van der Waals surface area contributed by atoms with Crippen LogP contribution in [0.2, 0.25) is 0 Å². The van der Waals surface area contributed by atoms with Gasteiger partial charge in [0.1, 0.15) is 0 Å². The number of nitrogens with two attached hydrogens (primary N) is 1. The van der Waals surface area contributed by atoms with Gasteiger partial charge in [-0.1, -0.05) is 30.7 Å². The van der Waals surface area contributed by atoms with Crippen molar-refractivity contribution < 1.29 is 4.79 Å². The third-order valence-electron chi connectivity index (χ3n) is 6.35. The Balaban J connectivity index is 0.00000261. The molecule has 4 nitrogen and oxygen atoms in total. The van der Waals surface area contributed by atoms with Crippen molar-refractivity contribution in [1.29, 1.82) is 0 Å². The van der Waals surface area contributed by atoms with Gasteiger partial charge in [-0.05, 0) is 69.7 Å². The van der Waals surface area contributed by atoms with Crippen molar-refractivity contribution in [3.8, 4) is 0 Å². The summed E-state index contributed by atoms with van der Waals surface area (Å²) in [5, 5.41) is 0. The highest BCUT2D eigenvalue weighted by Gasteiger charge is 2.41. The molecule has 0 heterocycles. The second-order valence-corrected chi connectivity index (χ2v) is 8.60. The molecule has 0 radical (unpaired) electrons. The summed E-state index contributed by atoms with van der Waals surface area (Å²) in [5.74, 6) is 1.63. The van der Waals surface area contributed by atoms with Gasteiger partial charge < -0.3 is 15.5 Å². The van der Waals surface area contributed by atoms with Gasteiger partial charge in [-0.2, -0.15) is 0 Å². The Kier molecular flexibility index (Phi) is 8.14. The molecule has 152 valence electrons. The molecule has 1 amide bonds. The Morgan fingerprint density at radius 3 is 2.04 bits per heavy atom. The van der Waals surface area contributed by atoms with E-state index in [4.69, 9.17) is 5.73 Å². The van der Waals surface area contributed by atoms with E-state index in [0.29, 0.717) is 23.8 Å². The van der Waals surface area contributed by atoms with Crippen LogP contribution < -0.4 is 5.73 Å². The van der Waals surface area contributed by atoms with Crippen LogP contribution in [0.15, 0.2) is 24.3 Å². The average molecular weight is 394 g/mol. The number of rotatable bonds is 6. The van der Waals surface area contributed by atoms with E-state index in [1.54, 1.807) is 0 Å². The van der Waals surface area contributed by atoms with Crippen LogP contribution >= 0.6 is 12.4 Å². The van der Waals surface area contributed by atoms with Crippen LogP contribution in [0.4, 0.5) is 0 Å². The van der Waals surface area contributed by atoms with Crippen molar-refractivity contribution in [2.45, 2.75) is 58.2 Å². The first kappa shape index (κ1) is 22.2. The molecule has 2 atom stereocenters. The fraction of sp³-hybridized carbons (Fsp3) is 0.682. The lowest BCUT2D eigenvalue weighted by atomic mass is 9.65. The number of carbonyl (C=O) groups excluding carboxylic acids is 1. The summed E-state index contributed by atoms with van der Waals surface area (Å²) in [7, 11) is 4.16. The minimum absolute atomic E-state index is 0. The van der Waals surface area contributed by atoms with E-state index < -0.39 is 0 Å². The predicted molar refractivity (Wildman–Crippen MR) is 114 cm³/mol. The third-order valence-corrected chi connectivity index (χ3v) is 6.35. The van der Waals surface area contributed by atoms with E-state index >= 15 is 0 Å². The van der Waals surface area contributed by atoms with Gasteiger partial charge >= 0.3 is 0 Å². The number of amides is 1.